The summed E-state index contributed by atoms with van der Waals surface area (Å²) >= 11 is 0. The molecule has 1 aliphatic rings. The molecule has 2 aromatic carbocycles. The number of methoxy groups -OCH3 is 1. The van der Waals surface area contributed by atoms with Crippen LogP contribution in [0.25, 0.3) is 5.57 Å². The summed E-state index contributed by atoms with van der Waals surface area (Å²) in [6, 6.07) is 15.4. The van der Waals surface area contributed by atoms with Crippen LogP contribution in [0.1, 0.15) is 16.7 Å². The first kappa shape index (κ1) is 13.4. The number of hydrogen-bond acceptors (Lipinski definition) is 3. The summed E-state index contributed by atoms with van der Waals surface area (Å²) in [5.41, 5.74) is 3.77. The van der Waals surface area contributed by atoms with Gasteiger partial charge in [-0.25, -0.2) is 4.79 Å². The Kier molecular flexibility index (Phi) is 3.73. The highest BCUT2D eigenvalue weighted by Gasteiger charge is 2.20. The van der Waals surface area contributed by atoms with Gasteiger partial charge < -0.3 is 9.47 Å². The predicted molar refractivity (Wildman–Crippen MR) is 80.9 cm³/mol. The Morgan fingerprint density at radius 2 is 1.86 bits per heavy atom. The Hall–Kier alpha value is -2.55. The monoisotopic (exact) mass is 280 g/mol. The maximum absolute atomic E-state index is 12.2. The second-order valence-electron chi connectivity index (χ2n) is 4.90. The van der Waals surface area contributed by atoms with Crippen molar-refractivity contribution in [3.63, 3.8) is 0 Å². The minimum absolute atomic E-state index is 0.266. The lowest BCUT2D eigenvalue weighted by Gasteiger charge is -2.08. The van der Waals surface area contributed by atoms with Crippen molar-refractivity contribution in [1.29, 1.82) is 0 Å². The zero-order valence-electron chi connectivity index (χ0n) is 11.8. The average Bonchev–Trinajstić information content (AvgIpc) is 2.97. The third kappa shape index (κ3) is 2.82. The van der Waals surface area contributed by atoms with E-state index in [1.54, 1.807) is 7.11 Å². The van der Waals surface area contributed by atoms with Crippen LogP contribution in [0.5, 0.6) is 5.75 Å². The molecule has 0 spiro atoms. The molecule has 0 bridgehead atoms. The van der Waals surface area contributed by atoms with Crippen molar-refractivity contribution in [3.8, 4) is 5.75 Å². The zero-order valence-corrected chi connectivity index (χ0v) is 11.8. The molecule has 0 N–H and O–H groups in total. The largest absolute Gasteiger partial charge is 0.497 e. The quantitative estimate of drug-likeness (QED) is 0.805. The molecule has 0 atom stereocenters. The number of carbonyl (C=O) groups is 1. The Labute approximate surface area is 123 Å². The van der Waals surface area contributed by atoms with E-state index in [1.165, 1.54) is 5.56 Å². The van der Waals surface area contributed by atoms with Gasteiger partial charge in [-0.2, -0.15) is 0 Å². The van der Waals surface area contributed by atoms with Crippen LogP contribution in [0.4, 0.5) is 0 Å². The normalized spacial score (nSPS) is 12.5. The molecule has 0 radical (unpaired) electrons. The SMILES string of the molecule is COc1ccc(COC(=O)C2=CCc3ccccc32)cc1. The summed E-state index contributed by atoms with van der Waals surface area (Å²) in [5, 5.41) is 0. The Bertz CT molecular complexity index is 684. The van der Waals surface area contributed by atoms with Gasteiger partial charge in [-0.3, -0.25) is 0 Å². The van der Waals surface area contributed by atoms with E-state index < -0.39 is 0 Å². The van der Waals surface area contributed by atoms with Gasteiger partial charge in [0.05, 0.1) is 12.7 Å². The molecule has 21 heavy (non-hydrogen) atoms. The maximum Gasteiger partial charge on any atom is 0.338 e. The van der Waals surface area contributed by atoms with Crippen LogP contribution in [0, 0.1) is 0 Å². The molecule has 0 unspecified atom stereocenters. The van der Waals surface area contributed by atoms with Crippen LogP contribution in [-0.4, -0.2) is 13.1 Å². The molecule has 1 aliphatic carbocycles. The van der Waals surface area contributed by atoms with E-state index in [0.717, 1.165) is 23.3 Å². The molecular formula is C18H16O3. The van der Waals surface area contributed by atoms with Crippen LogP contribution in [0.2, 0.25) is 0 Å². The summed E-state index contributed by atoms with van der Waals surface area (Å²) < 4.78 is 10.5. The van der Waals surface area contributed by atoms with E-state index in [4.69, 9.17) is 9.47 Å². The van der Waals surface area contributed by atoms with E-state index >= 15 is 0 Å². The van der Waals surface area contributed by atoms with E-state index in [1.807, 2.05) is 54.6 Å². The fourth-order valence-corrected chi connectivity index (χ4v) is 2.42. The molecule has 0 aliphatic heterocycles. The van der Waals surface area contributed by atoms with Crippen molar-refractivity contribution >= 4 is 11.5 Å². The summed E-state index contributed by atoms with van der Waals surface area (Å²) in [7, 11) is 1.62. The smallest absolute Gasteiger partial charge is 0.338 e. The highest BCUT2D eigenvalue weighted by atomic mass is 16.5. The predicted octanol–water partition coefficient (Wildman–Crippen LogP) is 3.38. The molecule has 3 nitrogen and oxygen atoms in total. The lowest BCUT2D eigenvalue weighted by molar-refractivity contribution is -0.137. The van der Waals surface area contributed by atoms with Gasteiger partial charge in [0.15, 0.2) is 0 Å². The highest BCUT2D eigenvalue weighted by molar-refractivity contribution is 6.18. The van der Waals surface area contributed by atoms with Crippen molar-refractivity contribution in [1.82, 2.24) is 0 Å². The fourth-order valence-electron chi connectivity index (χ4n) is 2.42. The van der Waals surface area contributed by atoms with Crippen molar-refractivity contribution in [2.45, 2.75) is 13.0 Å². The van der Waals surface area contributed by atoms with Crippen LogP contribution < -0.4 is 4.74 Å². The van der Waals surface area contributed by atoms with E-state index in [0.29, 0.717) is 5.57 Å². The Morgan fingerprint density at radius 3 is 2.62 bits per heavy atom. The fraction of sp³-hybridized carbons (Fsp3) is 0.167. The van der Waals surface area contributed by atoms with Gasteiger partial charge in [0.2, 0.25) is 0 Å². The van der Waals surface area contributed by atoms with E-state index in [9.17, 15) is 4.79 Å². The molecule has 0 saturated heterocycles. The number of hydrogen-bond donors (Lipinski definition) is 0. The van der Waals surface area contributed by atoms with Crippen molar-refractivity contribution in [2.24, 2.45) is 0 Å². The molecule has 2 aromatic rings. The van der Waals surface area contributed by atoms with Crippen molar-refractivity contribution in [3.05, 3.63) is 71.3 Å². The van der Waals surface area contributed by atoms with Gasteiger partial charge in [0.1, 0.15) is 12.4 Å². The van der Waals surface area contributed by atoms with Gasteiger partial charge in [-0.1, -0.05) is 42.5 Å². The third-order valence-electron chi connectivity index (χ3n) is 3.58. The van der Waals surface area contributed by atoms with Gasteiger partial charge in [-0.15, -0.1) is 0 Å². The number of fused-ring (bicyclic) bond motifs is 1. The number of esters is 1. The second kappa shape index (κ2) is 5.83. The number of carbonyl (C=O) groups excluding carboxylic acids is 1. The molecule has 106 valence electrons. The average molecular weight is 280 g/mol. The first-order valence-electron chi connectivity index (χ1n) is 6.86. The number of rotatable bonds is 4. The summed E-state index contributed by atoms with van der Waals surface area (Å²) in [5.74, 6) is 0.522. The summed E-state index contributed by atoms with van der Waals surface area (Å²) in [4.78, 5) is 12.2. The van der Waals surface area contributed by atoms with Crippen LogP contribution >= 0.6 is 0 Å². The lowest BCUT2D eigenvalue weighted by atomic mass is 10.1. The molecule has 0 saturated carbocycles. The minimum atomic E-state index is -0.268. The molecule has 0 aromatic heterocycles. The second-order valence-corrected chi connectivity index (χ2v) is 4.90. The Morgan fingerprint density at radius 1 is 1.10 bits per heavy atom. The standard InChI is InChI=1S/C18H16O3/c1-20-15-9-6-13(7-10-15)12-21-18(19)17-11-8-14-4-2-3-5-16(14)17/h2-7,9-11H,8,12H2,1H3. The Balaban J connectivity index is 1.65. The first-order valence-corrected chi connectivity index (χ1v) is 6.86. The highest BCUT2D eigenvalue weighted by Crippen LogP contribution is 2.28. The molecule has 0 fully saturated rings. The summed E-state index contributed by atoms with van der Waals surface area (Å²) in [6.45, 7) is 0.266. The molecule has 0 amide bonds. The maximum atomic E-state index is 12.2. The first-order chi connectivity index (χ1) is 10.3. The lowest BCUT2D eigenvalue weighted by Crippen LogP contribution is -2.06. The topological polar surface area (TPSA) is 35.5 Å². The van der Waals surface area contributed by atoms with Gasteiger partial charge in [0.25, 0.3) is 0 Å². The number of benzene rings is 2. The van der Waals surface area contributed by atoms with E-state index in [-0.39, 0.29) is 12.6 Å². The molecular weight excluding hydrogens is 264 g/mol. The zero-order chi connectivity index (χ0) is 14.7. The third-order valence-corrected chi connectivity index (χ3v) is 3.58. The van der Waals surface area contributed by atoms with E-state index in [2.05, 4.69) is 0 Å². The van der Waals surface area contributed by atoms with Crippen molar-refractivity contribution in [2.75, 3.05) is 7.11 Å². The van der Waals surface area contributed by atoms with Gasteiger partial charge in [0, 0.05) is 0 Å². The molecule has 3 heteroatoms. The van der Waals surface area contributed by atoms with Gasteiger partial charge >= 0.3 is 5.97 Å². The van der Waals surface area contributed by atoms with Crippen molar-refractivity contribution < 1.29 is 14.3 Å². The minimum Gasteiger partial charge on any atom is -0.497 e. The van der Waals surface area contributed by atoms with Gasteiger partial charge in [-0.05, 0) is 35.2 Å². The number of ether oxygens (including phenoxy) is 2. The van der Waals surface area contributed by atoms with Crippen LogP contribution in [0.15, 0.2) is 54.6 Å². The van der Waals surface area contributed by atoms with Crippen LogP contribution in [0.3, 0.4) is 0 Å². The van der Waals surface area contributed by atoms with Crippen LogP contribution in [-0.2, 0) is 22.6 Å². The summed E-state index contributed by atoms with van der Waals surface area (Å²) in [6.07, 6.45) is 2.73. The molecule has 3 rings (SSSR count). The molecule has 0 heterocycles. The number of allylic oxidation sites excluding steroid dienone is 1.